The molecule has 0 aromatic carbocycles. The Balaban J connectivity index is 2.15. The largest absolute Gasteiger partial charge is 0.309 e. The summed E-state index contributed by atoms with van der Waals surface area (Å²) in [6.07, 6.45) is 3.10. The highest BCUT2D eigenvalue weighted by atomic mass is 32.1. The van der Waals surface area contributed by atoms with Gasteiger partial charge in [-0.05, 0) is 38.9 Å². The van der Waals surface area contributed by atoms with Gasteiger partial charge in [-0.25, -0.2) is 4.98 Å². The minimum absolute atomic E-state index is 0.362. The van der Waals surface area contributed by atoms with Gasteiger partial charge in [-0.3, -0.25) is 4.98 Å². The van der Waals surface area contributed by atoms with Crippen molar-refractivity contribution in [2.45, 2.75) is 33.2 Å². The van der Waals surface area contributed by atoms with Crippen molar-refractivity contribution in [1.29, 1.82) is 0 Å². The number of hydrogen-bond acceptors (Lipinski definition) is 4. The van der Waals surface area contributed by atoms with Crippen LogP contribution in [0.4, 0.5) is 0 Å². The van der Waals surface area contributed by atoms with Crippen molar-refractivity contribution in [3.63, 3.8) is 0 Å². The van der Waals surface area contributed by atoms with Gasteiger partial charge in [-0.2, -0.15) is 0 Å². The van der Waals surface area contributed by atoms with Crippen molar-refractivity contribution < 1.29 is 0 Å². The summed E-state index contributed by atoms with van der Waals surface area (Å²) in [5.74, 6) is 0. The van der Waals surface area contributed by atoms with Crippen molar-refractivity contribution in [1.82, 2.24) is 15.3 Å². The predicted molar refractivity (Wildman–Crippen MR) is 76.8 cm³/mol. The lowest BCUT2D eigenvalue weighted by atomic mass is 10.3. The molecule has 0 saturated heterocycles. The Morgan fingerprint density at radius 1 is 1.39 bits per heavy atom. The summed E-state index contributed by atoms with van der Waals surface area (Å²) in [4.78, 5) is 10.2. The normalized spacial score (nSPS) is 12.6. The van der Waals surface area contributed by atoms with Gasteiger partial charge in [0.2, 0.25) is 0 Å². The lowest BCUT2D eigenvalue weighted by molar-refractivity contribution is 0.577. The standard InChI is InChI=1S/C14H19N3S/c1-4-8-15-11(3)13-9-16-14(18-13)12-7-5-6-10(2)17-12/h5-7,9,11,15H,4,8H2,1-3H3. The molecule has 3 nitrogen and oxygen atoms in total. The lowest BCUT2D eigenvalue weighted by Gasteiger charge is -2.09. The van der Waals surface area contributed by atoms with Crippen LogP contribution in [0.25, 0.3) is 10.7 Å². The van der Waals surface area contributed by atoms with Crippen LogP contribution in [-0.4, -0.2) is 16.5 Å². The smallest absolute Gasteiger partial charge is 0.142 e. The summed E-state index contributed by atoms with van der Waals surface area (Å²) in [5, 5.41) is 4.47. The van der Waals surface area contributed by atoms with E-state index in [2.05, 4.69) is 29.1 Å². The maximum Gasteiger partial charge on any atom is 0.142 e. The van der Waals surface area contributed by atoms with Crippen molar-refractivity contribution in [2.24, 2.45) is 0 Å². The van der Waals surface area contributed by atoms with E-state index in [9.17, 15) is 0 Å². The number of thiazole rings is 1. The number of aromatic nitrogens is 2. The van der Waals surface area contributed by atoms with Crippen LogP contribution in [0.15, 0.2) is 24.4 Å². The Hall–Kier alpha value is -1.26. The summed E-state index contributed by atoms with van der Waals surface area (Å²) >= 11 is 1.72. The number of rotatable bonds is 5. The molecule has 2 aromatic rings. The maximum absolute atomic E-state index is 4.51. The molecule has 18 heavy (non-hydrogen) atoms. The summed E-state index contributed by atoms with van der Waals surface area (Å²) in [7, 11) is 0. The quantitative estimate of drug-likeness (QED) is 0.894. The van der Waals surface area contributed by atoms with Gasteiger partial charge in [-0.15, -0.1) is 11.3 Å². The van der Waals surface area contributed by atoms with E-state index >= 15 is 0 Å². The van der Waals surface area contributed by atoms with Crippen LogP contribution in [0.3, 0.4) is 0 Å². The number of hydrogen-bond donors (Lipinski definition) is 1. The van der Waals surface area contributed by atoms with Crippen LogP contribution < -0.4 is 5.32 Å². The first-order valence-electron chi connectivity index (χ1n) is 6.34. The monoisotopic (exact) mass is 261 g/mol. The Kier molecular flexibility index (Phi) is 4.44. The van der Waals surface area contributed by atoms with Gasteiger partial charge in [0.05, 0.1) is 5.69 Å². The molecule has 0 spiro atoms. The minimum Gasteiger partial charge on any atom is -0.309 e. The molecule has 4 heteroatoms. The summed E-state index contributed by atoms with van der Waals surface area (Å²) in [5.41, 5.74) is 2.00. The van der Waals surface area contributed by atoms with E-state index in [0.717, 1.165) is 29.4 Å². The van der Waals surface area contributed by atoms with E-state index in [4.69, 9.17) is 0 Å². The Bertz CT molecular complexity index is 507. The molecule has 0 aliphatic heterocycles. The summed E-state index contributed by atoms with van der Waals surface area (Å²) in [6, 6.07) is 6.40. The minimum atomic E-state index is 0.362. The van der Waals surface area contributed by atoms with Crippen molar-refractivity contribution in [2.75, 3.05) is 6.54 Å². The Labute approximate surface area is 112 Å². The topological polar surface area (TPSA) is 37.8 Å². The molecular formula is C14H19N3S. The number of aryl methyl sites for hydroxylation is 1. The number of nitrogens with one attached hydrogen (secondary N) is 1. The zero-order chi connectivity index (χ0) is 13.0. The Morgan fingerprint density at radius 2 is 2.22 bits per heavy atom. The molecule has 2 aromatic heterocycles. The molecule has 1 N–H and O–H groups in total. The second-order valence-corrected chi connectivity index (χ2v) is 5.47. The summed E-state index contributed by atoms with van der Waals surface area (Å²) < 4.78 is 0. The van der Waals surface area contributed by atoms with E-state index < -0.39 is 0 Å². The SMILES string of the molecule is CCCNC(C)c1cnc(-c2cccc(C)n2)s1. The van der Waals surface area contributed by atoms with Gasteiger partial charge in [0.1, 0.15) is 5.01 Å². The molecule has 0 bridgehead atoms. The third-order valence-corrected chi connectivity index (χ3v) is 3.96. The third kappa shape index (κ3) is 3.15. The summed E-state index contributed by atoms with van der Waals surface area (Å²) in [6.45, 7) is 7.39. The van der Waals surface area contributed by atoms with Crippen LogP contribution in [0, 0.1) is 6.92 Å². The number of nitrogens with zero attached hydrogens (tertiary/aromatic N) is 2. The Morgan fingerprint density at radius 3 is 2.94 bits per heavy atom. The molecule has 0 fully saturated rings. The lowest BCUT2D eigenvalue weighted by Crippen LogP contribution is -2.18. The molecule has 0 radical (unpaired) electrons. The predicted octanol–water partition coefficient (Wildman–Crippen LogP) is 3.57. The molecular weight excluding hydrogens is 242 g/mol. The van der Waals surface area contributed by atoms with Gasteiger partial charge in [0.25, 0.3) is 0 Å². The third-order valence-electron chi connectivity index (χ3n) is 2.76. The van der Waals surface area contributed by atoms with E-state index in [-0.39, 0.29) is 0 Å². The van der Waals surface area contributed by atoms with Crippen LogP contribution >= 0.6 is 11.3 Å². The van der Waals surface area contributed by atoms with Crippen LogP contribution in [0.5, 0.6) is 0 Å². The van der Waals surface area contributed by atoms with E-state index in [1.807, 2.05) is 31.3 Å². The highest BCUT2D eigenvalue weighted by Crippen LogP contribution is 2.27. The molecule has 0 aliphatic rings. The first kappa shape index (κ1) is 13.2. The molecule has 96 valence electrons. The fraction of sp³-hybridized carbons (Fsp3) is 0.429. The molecule has 0 aliphatic carbocycles. The van der Waals surface area contributed by atoms with Gasteiger partial charge in [-0.1, -0.05) is 13.0 Å². The fourth-order valence-corrected chi connectivity index (χ4v) is 2.64. The molecule has 1 atom stereocenters. The number of pyridine rings is 1. The van der Waals surface area contributed by atoms with Crippen molar-refractivity contribution in [3.8, 4) is 10.7 Å². The van der Waals surface area contributed by atoms with Crippen molar-refractivity contribution in [3.05, 3.63) is 35.0 Å². The molecule has 0 saturated carbocycles. The van der Waals surface area contributed by atoms with Gasteiger partial charge < -0.3 is 5.32 Å². The average Bonchev–Trinajstić information content (AvgIpc) is 2.85. The molecule has 0 amide bonds. The fourth-order valence-electron chi connectivity index (χ4n) is 1.73. The van der Waals surface area contributed by atoms with Gasteiger partial charge >= 0.3 is 0 Å². The second-order valence-electron chi connectivity index (χ2n) is 4.41. The highest BCUT2D eigenvalue weighted by molar-refractivity contribution is 7.15. The first-order chi connectivity index (χ1) is 8.70. The second kappa shape index (κ2) is 6.07. The molecule has 2 rings (SSSR count). The highest BCUT2D eigenvalue weighted by Gasteiger charge is 2.10. The van der Waals surface area contributed by atoms with E-state index in [1.54, 1.807) is 11.3 Å². The van der Waals surface area contributed by atoms with Gasteiger partial charge in [0, 0.05) is 22.8 Å². The van der Waals surface area contributed by atoms with Crippen LogP contribution in [-0.2, 0) is 0 Å². The van der Waals surface area contributed by atoms with E-state index in [0.29, 0.717) is 6.04 Å². The zero-order valence-electron chi connectivity index (χ0n) is 11.1. The van der Waals surface area contributed by atoms with Crippen molar-refractivity contribution >= 4 is 11.3 Å². The molecule has 1 unspecified atom stereocenters. The first-order valence-corrected chi connectivity index (χ1v) is 7.15. The average molecular weight is 261 g/mol. The van der Waals surface area contributed by atoms with Crippen LogP contribution in [0.2, 0.25) is 0 Å². The van der Waals surface area contributed by atoms with Gasteiger partial charge in [0.15, 0.2) is 0 Å². The van der Waals surface area contributed by atoms with E-state index in [1.165, 1.54) is 4.88 Å². The maximum atomic E-state index is 4.51. The zero-order valence-corrected chi connectivity index (χ0v) is 11.9. The molecule has 2 heterocycles. The van der Waals surface area contributed by atoms with Crippen LogP contribution in [0.1, 0.15) is 36.9 Å².